The molecule has 8 nitrogen and oxygen atoms in total. The van der Waals surface area contributed by atoms with Gasteiger partial charge in [-0.25, -0.2) is 14.5 Å². The molecule has 0 saturated heterocycles. The Kier molecular flexibility index (Phi) is 4.23. The molecule has 3 aromatic heterocycles. The van der Waals surface area contributed by atoms with E-state index in [1.165, 1.54) is 16.5 Å². The highest BCUT2D eigenvalue weighted by molar-refractivity contribution is 7.18. The van der Waals surface area contributed by atoms with E-state index >= 15 is 0 Å². The molecule has 0 unspecified atom stereocenters. The third-order valence-electron chi connectivity index (χ3n) is 4.43. The summed E-state index contributed by atoms with van der Waals surface area (Å²) in [6, 6.07) is 6.28. The first-order valence-electron chi connectivity index (χ1n) is 8.53. The first kappa shape index (κ1) is 17.3. The average molecular weight is 383 g/mol. The van der Waals surface area contributed by atoms with Gasteiger partial charge in [0.25, 0.3) is 0 Å². The number of hydrogen-bond acceptors (Lipinski definition) is 7. The summed E-state index contributed by atoms with van der Waals surface area (Å²) in [6.45, 7) is 5.96. The molecule has 0 amide bonds. The second-order valence-corrected chi connectivity index (χ2v) is 7.34. The fraction of sp³-hybridized carbons (Fsp3) is 0.278. The van der Waals surface area contributed by atoms with Gasteiger partial charge >= 0.3 is 5.69 Å². The molecule has 4 aromatic rings. The van der Waals surface area contributed by atoms with Crippen LogP contribution in [0.1, 0.15) is 36.2 Å². The van der Waals surface area contributed by atoms with Crippen LogP contribution in [0.2, 0.25) is 0 Å². The maximum Gasteiger partial charge on any atom is 0.310 e. The van der Waals surface area contributed by atoms with Gasteiger partial charge in [-0.3, -0.25) is 10.1 Å². The molecule has 0 spiro atoms. The van der Waals surface area contributed by atoms with Crippen molar-refractivity contribution in [2.45, 2.75) is 33.3 Å². The molecule has 0 aliphatic rings. The lowest BCUT2D eigenvalue weighted by atomic mass is 10.1. The molecular formula is C18H17N5O3S. The molecule has 138 valence electrons. The minimum absolute atomic E-state index is 0.0844. The molecule has 4 rings (SSSR count). The van der Waals surface area contributed by atoms with Crippen molar-refractivity contribution in [2.75, 3.05) is 0 Å². The molecule has 0 bridgehead atoms. The lowest BCUT2D eigenvalue weighted by Crippen LogP contribution is -2.07. The predicted octanol–water partition coefficient (Wildman–Crippen LogP) is 4.26. The van der Waals surface area contributed by atoms with Crippen LogP contribution in [0.15, 0.2) is 30.6 Å². The van der Waals surface area contributed by atoms with Crippen LogP contribution in [0.4, 0.5) is 5.69 Å². The minimum Gasteiger partial charge on any atom is -0.476 e. The Labute approximate surface area is 158 Å². The molecule has 1 aromatic carbocycles. The Balaban J connectivity index is 1.76. The van der Waals surface area contributed by atoms with E-state index in [1.54, 1.807) is 47.3 Å². The SMILES string of the molecule is CCc1c(C)sc2ncn3nc([C@@H](C)Oc4ccccc4[N+](=O)[O-])nc3c12. The maximum absolute atomic E-state index is 11.2. The third kappa shape index (κ3) is 2.89. The zero-order valence-electron chi connectivity index (χ0n) is 15.0. The van der Waals surface area contributed by atoms with Crippen LogP contribution in [0.25, 0.3) is 15.9 Å². The van der Waals surface area contributed by atoms with Crippen molar-refractivity contribution in [3.05, 3.63) is 57.0 Å². The molecule has 9 heteroatoms. The summed E-state index contributed by atoms with van der Waals surface area (Å²) in [4.78, 5) is 22.0. The van der Waals surface area contributed by atoms with Crippen LogP contribution in [-0.2, 0) is 6.42 Å². The predicted molar refractivity (Wildman–Crippen MR) is 102 cm³/mol. The number of rotatable bonds is 5. The Morgan fingerprint density at radius 1 is 1.37 bits per heavy atom. The number of hydrogen-bond donors (Lipinski definition) is 0. The summed E-state index contributed by atoms with van der Waals surface area (Å²) in [6.07, 6.45) is 1.98. The zero-order chi connectivity index (χ0) is 19.1. The standard InChI is InChI=1S/C18H17N5O3S/c1-4-12-11(3)27-18-15(12)17-20-16(21-22(17)9-19-18)10(2)26-14-8-6-5-7-13(14)23(24)25/h5-10H,4H2,1-3H3/t10-/m1/s1. The van der Waals surface area contributed by atoms with Crippen LogP contribution in [0.3, 0.4) is 0 Å². The van der Waals surface area contributed by atoms with Crippen molar-refractivity contribution in [1.82, 2.24) is 19.6 Å². The largest absolute Gasteiger partial charge is 0.476 e. The van der Waals surface area contributed by atoms with E-state index in [0.29, 0.717) is 5.82 Å². The number of ether oxygens (including phenoxy) is 1. The molecule has 0 aliphatic heterocycles. The summed E-state index contributed by atoms with van der Waals surface area (Å²) < 4.78 is 7.44. The summed E-state index contributed by atoms with van der Waals surface area (Å²) in [5, 5.41) is 16.7. The number of para-hydroxylation sites is 2. The average Bonchev–Trinajstić information content (AvgIpc) is 3.21. The van der Waals surface area contributed by atoms with Gasteiger partial charge in [-0.1, -0.05) is 19.1 Å². The van der Waals surface area contributed by atoms with Gasteiger partial charge in [-0.15, -0.1) is 16.4 Å². The molecule has 0 fully saturated rings. The van der Waals surface area contributed by atoms with Crippen molar-refractivity contribution < 1.29 is 9.66 Å². The lowest BCUT2D eigenvalue weighted by Gasteiger charge is -2.11. The van der Waals surface area contributed by atoms with Crippen LogP contribution in [0, 0.1) is 17.0 Å². The van der Waals surface area contributed by atoms with E-state index in [2.05, 4.69) is 28.9 Å². The molecule has 1 atom stereocenters. The number of nitrogens with zero attached hydrogens (tertiary/aromatic N) is 5. The first-order chi connectivity index (χ1) is 13.0. The van der Waals surface area contributed by atoms with Crippen LogP contribution < -0.4 is 4.74 Å². The van der Waals surface area contributed by atoms with Gasteiger partial charge in [0.2, 0.25) is 0 Å². The number of aryl methyl sites for hydroxylation is 2. The van der Waals surface area contributed by atoms with Crippen molar-refractivity contribution >= 4 is 32.9 Å². The molecule has 0 aliphatic carbocycles. The highest BCUT2D eigenvalue weighted by Crippen LogP contribution is 2.33. The number of nitro benzene ring substituents is 1. The summed E-state index contributed by atoms with van der Waals surface area (Å²) >= 11 is 1.65. The Bertz CT molecular complexity index is 1170. The quantitative estimate of drug-likeness (QED) is 0.377. The number of benzene rings is 1. The zero-order valence-corrected chi connectivity index (χ0v) is 15.9. The highest BCUT2D eigenvalue weighted by Gasteiger charge is 2.22. The van der Waals surface area contributed by atoms with Crippen LogP contribution >= 0.6 is 11.3 Å². The van der Waals surface area contributed by atoms with E-state index in [1.807, 2.05) is 0 Å². The Morgan fingerprint density at radius 2 is 2.15 bits per heavy atom. The van der Waals surface area contributed by atoms with Crippen molar-refractivity contribution in [2.24, 2.45) is 0 Å². The summed E-state index contributed by atoms with van der Waals surface area (Å²) in [5.41, 5.74) is 1.87. The van der Waals surface area contributed by atoms with Gasteiger partial charge in [-0.05, 0) is 31.9 Å². The van der Waals surface area contributed by atoms with Gasteiger partial charge in [0.15, 0.2) is 23.3 Å². The Morgan fingerprint density at radius 3 is 2.89 bits per heavy atom. The maximum atomic E-state index is 11.2. The first-order valence-corrected chi connectivity index (χ1v) is 9.34. The van der Waals surface area contributed by atoms with E-state index < -0.39 is 11.0 Å². The Hall–Kier alpha value is -3.07. The smallest absolute Gasteiger partial charge is 0.310 e. The number of thiophene rings is 1. The van der Waals surface area contributed by atoms with Crippen LogP contribution in [0.5, 0.6) is 5.75 Å². The van der Waals surface area contributed by atoms with E-state index in [-0.39, 0.29) is 11.4 Å². The topological polar surface area (TPSA) is 95.5 Å². The number of nitro groups is 1. The van der Waals surface area contributed by atoms with E-state index in [0.717, 1.165) is 22.3 Å². The van der Waals surface area contributed by atoms with Gasteiger partial charge in [0.05, 0.1) is 10.3 Å². The van der Waals surface area contributed by atoms with Crippen molar-refractivity contribution in [3.63, 3.8) is 0 Å². The van der Waals surface area contributed by atoms with Gasteiger partial charge in [0.1, 0.15) is 11.2 Å². The lowest BCUT2D eigenvalue weighted by molar-refractivity contribution is -0.386. The minimum atomic E-state index is -0.550. The second-order valence-electron chi connectivity index (χ2n) is 6.14. The van der Waals surface area contributed by atoms with Gasteiger partial charge in [0, 0.05) is 10.9 Å². The molecular weight excluding hydrogens is 366 g/mol. The van der Waals surface area contributed by atoms with Crippen molar-refractivity contribution in [1.29, 1.82) is 0 Å². The highest BCUT2D eigenvalue weighted by atomic mass is 32.1. The monoisotopic (exact) mass is 383 g/mol. The summed E-state index contributed by atoms with van der Waals surface area (Å²) in [7, 11) is 0. The molecule has 0 radical (unpaired) electrons. The fourth-order valence-corrected chi connectivity index (χ4v) is 4.21. The normalized spacial score (nSPS) is 12.6. The molecule has 0 N–H and O–H groups in total. The molecule has 0 saturated carbocycles. The fourth-order valence-electron chi connectivity index (χ4n) is 3.13. The van der Waals surface area contributed by atoms with Crippen molar-refractivity contribution in [3.8, 4) is 5.75 Å². The van der Waals surface area contributed by atoms with E-state index in [9.17, 15) is 10.1 Å². The van der Waals surface area contributed by atoms with Gasteiger partial charge in [-0.2, -0.15) is 0 Å². The number of fused-ring (bicyclic) bond motifs is 3. The third-order valence-corrected chi connectivity index (χ3v) is 5.48. The molecule has 27 heavy (non-hydrogen) atoms. The second kappa shape index (κ2) is 6.58. The van der Waals surface area contributed by atoms with Crippen LogP contribution in [-0.4, -0.2) is 24.5 Å². The van der Waals surface area contributed by atoms with E-state index in [4.69, 9.17) is 4.74 Å². The molecule has 3 heterocycles. The summed E-state index contributed by atoms with van der Waals surface area (Å²) in [5.74, 6) is 0.645. The van der Waals surface area contributed by atoms with Gasteiger partial charge < -0.3 is 4.74 Å². The number of aromatic nitrogens is 4.